The van der Waals surface area contributed by atoms with Crippen LogP contribution in [0, 0.1) is 10.8 Å². The third-order valence-corrected chi connectivity index (χ3v) is 21.6. The van der Waals surface area contributed by atoms with E-state index in [0.717, 1.165) is 12.8 Å². The smallest absolute Gasteiger partial charge is 0.333 e. The maximum absolute atomic E-state index is 15.2. The zero-order valence-corrected chi connectivity index (χ0v) is 61.5. The van der Waals surface area contributed by atoms with Gasteiger partial charge in [0.25, 0.3) is 0 Å². The topological polar surface area (TPSA) is 26.3 Å². The Hall–Kier alpha value is -0.790. The molecule has 0 spiro atoms. The summed E-state index contributed by atoms with van der Waals surface area (Å²) in [4.78, 5) is 15.2. The number of carbonyl (C=O) groups is 1. The molecule has 0 aliphatic carbocycles. The van der Waals surface area contributed by atoms with Crippen LogP contribution >= 0.6 is 0 Å². The number of ether oxygens (including phenoxy) is 1. The molecule has 0 fully saturated rings. The van der Waals surface area contributed by atoms with Crippen molar-refractivity contribution in [3.8, 4) is 0 Å². The first-order valence-corrected chi connectivity index (χ1v) is 41.1. The van der Waals surface area contributed by atoms with E-state index >= 15 is 4.79 Å². The van der Waals surface area contributed by atoms with Crippen molar-refractivity contribution < 1.29 is 9.53 Å². The summed E-state index contributed by atoms with van der Waals surface area (Å²) in [6.07, 6.45) is 95.3. The third kappa shape index (κ3) is 46.3. The van der Waals surface area contributed by atoms with E-state index in [9.17, 15) is 0 Å². The highest BCUT2D eigenvalue weighted by Crippen LogP contribution is 2.65. The lowest BCUT2D eigenvalue weighted by Crippen LogP contribution is -2.60. The lowest BCUT2D eigenvalue weighted by Gasteiger charge is -2.62. The molecule has 0 amide bonds. The number of carbonyl (C=O) groups excluding carboxylic acids is 1. The normalized spacial score (nSPS) is 12.3. The number of esters is 1. The molecule has 0 aliphatic heterocycles. The molecule has 0 aromatic heterocycles. The molecule has 2 heteroatoms. The van der Waals surface area contributed by atoms with Crippen LogP contribution in [0.25, 0.3) is 0 Å². The molecular weight excluding hydrogens is 1040 g/mol. The van der Waals surface area contributed by atoms with Gasteiger partial charge < -0.3 is 4.74 Å². The van der Waals surface area contributed by atoms with Gasteiger partial charge in [-0.15, -0.1) is 0 Å². The number of hydrogen-bond donors (Lipinski definition) is 0. The summed E-state index contributed by atoms with van der Waals surface area (Å²) in [5.74, 6) is -0.0552. The SMILES string of the molecule is C=C(C)C(=O)OC(CCCCCCCCCC)(CCCCCCCCCC)C(CCCCCCCCCC)(CCCCCCCCCC)C(CCCCCCCCCC)(CCCCCCCCCC)CCCCCCCCCCCCCCCCC. The fourth-order valence-electron chi connectivity index (χ4n) is 16.0. The Kier molecular flexibility index (Phi) is 65.1. The molecule has 0 aliphatic rings. The molecule has 0 radical (unpaired) electrons. The van der Waals surface area contributed by atoms with E-state index in [1.807, 2.05) is 6.92 Å². The van der Waals surface area contributed by atoms with E-state index in [-0.39, 0.29) is 16.8 Å². The molecule has 0 unspecified atom stereocenters. The minimum atomic E-state index is -0.467. The van der Waals surface area contributed by atoms with Crippen LogP contribution in [0.1, 0.15) is 505 Å². The van der Waals surface area contributed by atoms with Gasteiger partial charge in [0.2, 0.25) is 0 Å². The van der Waals surface area contributed by atoms with E-state index in [1.165, 1.54) is 437 Å². The van der Waals surface area contributed by atoms with Gasteiger partial charge in [-0.05, 0) is 70.1 Å². The first-order chi connectivity index (χ1) is 42.3. The van der Waals surface area contributed by atoms with Crippen LogP contribution in [0.4, 0.5) is 0 Å². The van der Waals surface area contributed by atoms with Crippen molar-refractivity contribution in [2.24, 2.45) is 10.8 Å². The minimum absolute atomic E-state index is 0.0456. The Bertz CT molecular complexity index is 1280. The Balaban J connectivity index is 8.18. The first kappa shape index (κ1) is 85.2. The zero-order valence-electron chi connectivity index (χ0n) is 61.5. The predicted octanol–water partition coefficient (Wildman–Crippen LogP) is 31.3. The molecule has 2 nitrogen and oxygen atoms in total. The predicted molar refractivity (Wildman–Crippen MR) is 391 cm³/mol. The number of rotatable bonds is 74. The summed E-state index contributed by atoms with van der Waals surface area (Å²) in [6.45, 7) is 23.0. The molecule has 0 heterocycles. The van der Waals surface area contributed by atoms with E-state index in [0.29, 0.717) is 5.57 Å². The van der Waals surface area contributed by atoms with Crippen LogP contribution in [-0.4, -0.2) is 11.6 Å². The Morgan fingerprint density at radius 1 is 0.233 bits per heavy atom. The van der Waals surface area contributed by atoms with Gasteiger partial charge in [0.1, 0.15) is 5.60 Å². The van der Waals surface area contributed by atoms with Gasteiger partial charge in [-0.3, -0.25) is 0 Å². The van der Waals surface area contributed by atoms with Gasteiger partial charge in [-0.2, -0.15) is 0 Å². The molecule has 86 heavy (non-hydrogen) atoms. The molecular formula is C84H166O2. The van der Waals surface area contributed by atoms with E-state index in [2.05, 4.69) is 55.0 Å². The van der Waals surface area contributed by atoms with Gasteiger partial charge in [0.15, 0.2) is 0 Å². The molecule has 0 bridgehead atoms. The second-order valence-corrected chi connectivity index (χ2v) is 29.6. The van der Waals surface area contributed by atoms with Crippen LogP contribution < -0.4 is 0 Å². The van der Waals surface area contributed by atoms with Gasteiger partial charge in [-0.25, -0.2) is 4.79 Å². The fourth-order valence-corrected chi connectivity index (χ4v) is 16.0. The van der Waals surface area contributed by atoms with Crippen molar-refractivity contribution >= 4 is 5.97 Å². The molecule has 0 saturated carbocycles. The van der Waals surface area contributed by atoms with Crippen molar-refractivity contribution in [2.75, 3.05) is 0 Å². The average Bonchev–Trinajstić information content (AvgIpc) is 0.930. The highest BCUT2D eigenvalue weighted by molar-refractivity contribution is 5.87. The highest BCUT2D eigenvalue weighted by atomic mass is 16.6. The number of unbranched alkanes of at least 4 members (excludes halogenated alkanes) is 56. The summed E-state index contributed by atoms with van der Waals surface area (Å²) in [7, 11) is 0. The van der Waals surface area contributed by atoms with E-state index < -0.39 is 5.60 Å². The Labute approximate surface area is 546 Å². The molecule has 514 valence electrons. The largest absolute Gasteiger partial charge is 0.455 e. The van der Waals surface area contributed by atoms with Crippen LogP contribution in [0.2, 0.25) is 0 Å². The van der Waals surface area contributed by atoms with Crippen LogP contribution in [0.3, 0.4) is 0 Å². The number of hydrogen-bond acceptors (Lipinski definition) is 2. The second-order valence-electron chi connectivity index (χ2n) is 29.6. The quantitative estimate of drug-likeness (QED) is 0.0345. The van der Waals surface area contributed by atoms with Gasteiger partial charge in [0.05, 0.1) is 0 Å². The lowest BCUT2D eigenvalue weighted by atomic mass is 9.45. The van der Waals surface area contributed by atoms with Gasteiger partial charge in [-0.1, -0.05) is 447 Å². The molecule has 0 atom stereocenters. The molecule has 0 rings (SSSR count). The van der Waals surface area contributed by atoms with Crippen LogP contribution in [0.5, 0.6) is 0 Å². The van der Waals surface area contributed by atoms with Crippen molar-refractivity contribution in [3.63, 3.8) is 0 Å². The van der Waals surface area contributed by atoms with Crippen molar-refractivity contribution in [3.05, 3.63) is 12.2 Å². The van der Waals surface area contributed by atoms with Crippen LogP contribution in [0.15, 0.2) is 12.2 Å². The van der Waals surface area contributed by atoms with Gasteiger partial charge >= 0.3 is 5.97 Å². The van der Waals surface area contributed by atoms with Crippen LogP contribution in [-0.2, 0) is 9.53 Å². The minimum Gasteiger partial charge on any atom is -0.455 e. The van der Waals surface area contributed by atoms with Crippen molar-refractivity contribution in [2.45, 2.75) is 510 Å². The molecule has 0 aromatic rings. The molecule has 0 saturated heterocycles. The maximum atomic E-state index is 15.2. The van der Waals surface area contributed by atoms with Gasteiger partial charge in [0, 0.05) is 11.0 Å². The lowest BCUT2D eigenvalue weighted by molar-refractivity contribution is -0.214. The van der Waals surface area contributed by atoms with Crippen molar-refractivity contribution in [1.29, 1.82) is 0 Å². The second kappa shape index (κ2) is 65.7. The summed E-state index contributed by atoms with van der Waals surface area (Å²) in [5.41, 5.74) is 0.279. The van der Waals surface area contributed by atoms with E-state index in [1.54, 1.807) is 0 Å². The zero-order chi connectivity index (χ0) is 62.9. The summed E-state index contributed by atoms with van der Waals surface area (Å²) in [5, 5.41) is 0. The van der Waals surface area contributed by atoms with E-state index in [4.69, 9.17) is 4.74 Å². The first-order valence-electron chi connectivity index (χ1n) is 41.1. The summed E-state index contributed by atoms with van der Waals surface area (Å²) < 4.78 is 7.89. The highest BCUT2D eigenvalue weighted by Gasteiger charge is 2.62. The molecule has 0 aromatic carbocycles. The average molecular weight is 1210 g/mol. The standard InChI is InChI=1S/C84H166O2/c1-10-17-24-31-38-45-46-47-48-49-50-51-54-61-68-75-82(73-66-59-52-39-32-25-18-11-2,74-67-60-53-40-33-26-19-12-3)83(76-69-62-55-41-34-27-20-13-4,77-70-63-56-42-35-28-21-14-5)84(86-81(85)80(8)9,78-71-64-57-43-36-29-22-15-6)79-72-65-58-44-37-30-23-16-7/h8,10-79H2,1-7,9H3. The maximum Gasteiger partial charge on any atom is 0.333 e. The summed E-state index contributed by atoms with van der Waals surface area (Å²) >= 11 is 0. The third-order valence-electron chi connectivity index (χ3n) is 21.6. The summed E-state index contributed by atoms with van der Waals surface area (Å²) in [6, 6.07) is 0. The monoisotopic (exact) mass is 1210 g/mol. The Morgan fingerprint density at radius 2 is 0.384 bits per heavy atom. The molecule has 0 N–H and O–H groups in total. The Morgan fingerprint density at radius 3 is 0.558 bits per heavy atom. The van der Waals surface area contributed by atoms with Crippen molar-refractivity contribution in [1.82, 2.24) is 0 Å². The fraction of sp³-hybridized carbons (Fsp3) is 0.964.